The maximum Gasteiger partial charge on any atom is 0.316 e. The van der Waals surface area contributed by atoms with E-state index in [1.165, 1.54) is 5.57 Å². The summed E-state index contributed by atoms with van der Waals surface area (Å²) in [5, 5.41) is 12.9. The number of esters is 1. The monoisotopic (exact) mass is 672 g/mol. The fraction of sp³-hybridized carbons (Fsp3) is 0.816. The van der Waals surface area contributed by atoms with E-state index in [1.54, 1.807) is 0 Å². The van der Waals surface area contributed by atoms with Crippen molar-refractivity contribution < 1.29 is 38.0 Å². The van der Waals surface area contributed by atoms with E-state index in [2.05, 4.69) is 79.8 Å². The Balaban J connectivity index is 1.38. The highest BCUT2D eigenvalue weighted by Crippen LogP contribution is 2.60. The average molecular weight is 673 g/mol. The Morgan fingerprint density at radius 1 is 1.09 bits per heavy atom. The number of carbonyl (C=O) groups is 1. The predicted octanol–water partition coefficient (Wildman–Crippen LogP) is 7.17. The summed E-state index contributed by atoms with van der Waals surface area (Å²) >= 11 is 0. The summed E-state index contributed by atoms with van der Waals surface area (Å²) in [4.78, 5) is 14.5. The van der Waals surface area contributed by atoms with Gasteiger partial charge in [0.15, 0.2) is 19.7 Å². The highest BCUT2D eigenvalue weighted by molar-refractivity contribution is 6.74. The number of rotatable bonds is 3. The molecule has 5 aliphatic heterocycles. The zero-order chi connectivity index (χ0) is 34.2. The van der Waals surface area contributed by atoms with Crippen LogP contribution in [0, 0.1) is 17.8 Å². The summed E-state index contributed by atoms with van der Waals surface area (Å²) in [7, 11) is -2.27. The van der Waals surface area contributed by atoms with E-state index in [4.69, 9.17) is 28.1 Å². The highest BCUT2D eigenvalue weighted by atomic mass is 28.4. The van der Waals surface area contributed by atoms with Crippen molar-refractivity contribution >= 4 is 14.3 Å². The van der Waals surface area contributed by atoms with Crippen LogP contribution in [0.2, 0.25) is 18.1 Å². The van der Waals surface area contributed by atoms with Crippen LogP contribution < -0.4 is 0 Å². The van der Waals surface area contributed by atoms with Crippen LogP contribution in [0.4, 0.5) is 0 Å². The van der Waals surface area contributed by atoms with Gasteiger partial charge in [0, 0.05) is 19.3 Å². The van der Waals surface area contributed by atoms with E-state index in [0.29, 0.717) is 18.8 Å². The van der Waals surface area contributed by atoms with E-state index in [1.807, 2.05) is 13.0 Å². The Morgan fingerprint density at radius 2 is 1.83 bits per heavy atom. The number of allylic oxidation sites excluding steroid dienone is 2. The summed E-state index contributed by atoms with van der Waals surface area (Å²) in [5.74, 6) is -1.47. The van der Waals surface area contributed by atoms with Crippen LogP contribution in [-0.2, 0) is 32.9 Å². The normalized spacial score (nSPS) is 47.6. The van der Waals surface area contributed by atoms with Crippen molar-refractivity contribution in [3.05, 3.63) is 35.5 Å². The Kier molecular flexibility index (Phi) is 9.41. The van der Waals surface area contributed by atoms with E-state index in [-0.39, 0.29) is 35.9 Å². The molecule has 0 radical (unpaired) electrons. The number of aliphatic hydroxyl groups is 1. The van der Waals surface area contributed by atoms with Crippen LogP contribution in [-0.4, -0.2) is 79.6 Å². The molecule has 1 aliphatic carbocycles. The van der Waals surface area contributed by atoms with Crippen molar-refractivity contribution in [2.45, 2.75) is 172 Å². The first kappa shape index (κ1) is 35.5. The molecule has 0 aromatic heterocycles. The van der Waals surface area contributed by atoms with Gasteiger partial charge in [0.2, 0.25) is 0 Å². The van der Waals surface area contributed by atoms with Gasteiger partial charge in [-0.1, -0.05) is 71.4 Å². The van der Waals surface area contributed by atoms with Crippen LogP contribution in [0.5, 0.6) is 0 Å². The molecule has 1 N–H and O–H groups in total. The number of fused-ring (bicyclic) bond motifs is 2. The number of carbonyl (C=O) groups excluding carboxylic acids is 1. The van der Waals surface area contributed by atoms with E-state index in [0.717, 1.165) is 37.7 Å². The molecular weight excluding hydrogens is 612 g/mol. The molecule has 2 spiro atoms. The van der Waals surface area contributed by atoms with Crippen LogP contribution in [0.15, 0.2) is 35.5 Å². The van der Waals surface area contributed by atoms with Crippen molar-refractivity contribution in [1.82, 2.24) is 0 Å². The van der Waals surface area contributed by atoms with Crippen molar-refractivity contribution in [2.24, 2.45) is 17.8 Å². The highest BCUT2D eigenvalue weighted by Gasteiger charge is 2.80. The third kappa shape index (κ3) is 6.29. The van der Waals surface area contributed by atoms with E-state index >= 15 is 0 Å². The standard InChI is InChI=1S/C38H60O8Si/c1-11-30-25(4)16-17-36(44-30)21-28-20-27(43-36)14-12-23(2)18-24(3)13-15-31-37(45-31)22-41-33-32(46-47(9,10)35(6,7)8)26(5)19-29(34(39)42-28)38(33,37)40/h12-13,15,19,24-25,27-33,40H,11,14,16-18,20-22H2,1-10H3/b15-13-,23-12-/t24-,25-,27+,28-,29-,30+,31+,32+,33+,36+,37+,38+/m0/s1. The van der Waals surface area contributed by atoms with Gasteiger partial charge in [-0.3, -0.25) is 4.79 Å². The Morgan fingerprint density at radius 3 is 2.53 bits per heavy atom. The van der Waals surface area contributed by atoms with Crippen molar-refractivity contribution in [1.29, 1.82) is 0 Å². The lowest BCUT2D eigenvalue weighted by Gasteiger charge is -2.50. The molecule has 0 aromatic carbocycles. The number of ether oxygens (including phenoxy) is 5. The molecule has 6 rings (SSSR count). The maximum absolute atomic E-state index is 14.5. The lowest BCUT2D eigenvalue weighted by Crippen LogP contribution is -2.65. The number of hydrogen-bond acceptors (Lipinski definition) is 8. The minimum absolute atomic E-state index is 0.0438. The molecule has 0 saturated carbocycles. The predicted molar refractivity (Wildman–Crippen MR) is 183 cm³/mol. The summed E-state index contributed by atoms with van der Waals surface area (Å²) in [6.45, 7) is 22.0. The van der Waals surface area contributed by atoms with Gasteiger partial charge < -0.3 is 33.2 Å². The van der Waals surface area contributed by atoms with E-state index < -0.39 is 55.5 Å². The molecule has 264 valence electrons. The molecule has 4 fully saturated rings. The SMILES string of the molecule is CC[C@H]1O[C@]2(CC[C@@H]1C)C[C@@H]1C[C@@H](C/C=C(/C)C[C@@H](C)/C=C\[C@H]3O[C@]34CO[C@@H]3[C@H](O[Si](C)(C)C(C)(C)C)C(C)=C[C@@H](C(=O)O1)[C@@]34O)O2. The molecule has 2 bridgehead atoms. The first-order valence-electron chi connectivity index (χ1n) is 18.2. The average Bonchev–Trinajstić information content (AvgIpc) is 3.62. The first-order valence-corrected chi connectivity index (χ1v) is 21.1. The molecule has 47 heavy (non-hydrogen) atoms. The summed E-state index contributed by atoms with van der Waals surface area (Å²) in [6.07, 6.45) is 11.7. The number of hydrogen-bond donors (Lipinski definition) is 1. The fourth-order valence-electron chi connectivity index (χ4n) is 8.59. The van der Waals surface area contributed by atoms with Crippen LogP contribution in [0.1, 0.15) is 100 Å². The third-order valence-electron chi connectivity index (χ3n) is 12.5. The van der Waals surface area contributed by atoms with Gasteiger partial charge in [0.05, 0.1) is 24.9 Å². The zero-order valence-corrected chi connectivity index (χ0v) is 31.5. The summed E-state index contributed by atoms with van der Waals surface area (Å²) in [6, 6.07) is 0. The Bertz CT molecular complexity index is 1300. The molecule has 0 unspecified atom stereocenters. The molecular formula is C38H60O8Si. The Hall–Kier alpha value is -1.33. The lowest BCUT2D eigenvalue weighted by atomic mass is 9.67. The minimum Gasteiger partial charge on any atom is -0.462 e. The zero-order valence-electron chi connectivity index (χ0n) is 30.5. The van der Waals surface area contributed by atoms with Gasteiger partial charge in [-0.15, -0.1) is 0 Å². The van der Waals surface area contributed by atoms with Gasteiger partial charge in [-0.05, 0) is 75.1 Å². The topological polar surface area (TPSA) is 96.0 Å². The van der Waals surface area contributed by atoms with Crippen LogP contribution in [0.25, 0.3) is 0 Å². The van der Waals surface area contributed by atoms with Crippen molar-refractivity contribution in [2.75, 3.05) is 6.61 Å². The van der Waals surface area contributed by atoms with Gasteiger partial charge >= 0.3 is 5.97 Å². The van der Waals surface area contributed by atoms with Crippen LogP contribution in [0.3, 0.4) is 0 Å². The third-order valence-corrected chi connectivity index (χ3v) is 17.0. The molecule has 6 aliphatic rings. The Labute approximate surface area is 283 Å². The first-order chi connectivity index (χ1) is 21.9. The van der Waals surface area contributed by atoms with Crippen molar-refractivity contribution in [3.63, 3.8) is 0 Å². The van der Waals surface area contributed by atoms with Gasteiger partial charge in [0.25, 0.3) is 0 Å². The van der Waals surface area contributed by atoms with Gasteiger partial charge in [0.1, 0.15) is 29.8 Å². The largest absolute Gasteiger partial charge is 0.462 e. The second-order valence-electron chi connectivity index (χ2n) is 17.3. The smallest absolute Gasteiger partial charge is 0.316 e. The van der Waals surface area contributed by atoms with Gasteiger partial charge in [-0.25, -0.2) is 0 Å². The van der Waals surface area contributed by atoms with Crippen molar-refractivity contribution in [3.8, 4) is 0 Å². The summed E-state index contributed by atoms with van der Waals surface area (Å²) in [5.41, 5.74) is -0.531. The maximum atomic E-state index is 14.5. The molecule has 8 nitrogen and oxygen atoms in total. The fourth-order valence-corrected chi connectivity index (χ4v) is 9.88. The quantitative estimate of drug-likeness (QED) is 0.146. The molecule has 9 heteroatoms. The minimum atomic E-state index is -2.27. The number of epoxide rings is 1. The molecule has 12 atom stereocenters. The second kappa shape index (κ2) is 12.5. The molecule has 5 heterocycles. The van der Waals surface area contributed by atoms with E-state index in [9.17, 15) is 9.90 Å². The summed E-state index contributed by atoms with van der Waals surface area (Å²) < 4.78 is 39.9. The van der Waals surface area contributed by atoms with Gasteiger partial charge in [-0.2, -0.15) is 0 Å². The molecule has 0 aromatic rings. The lowest BCUT2D eigenvalue weighted by molar-refractivity contribution is -0.335. The second-order valence-corrected chi connectivity index (χ2v) is 22.0. The molecule has 0 amide bonds. The molecule has 4 saturated heterocycles. The van der Waals surface area contributed by atoms with Crippen LogP contribution >= 0.6 is 0 Å².